The standard InChI is InChI=1S/C20H27N3O3/c1-3-8-14(2)21-17(24)13-23-18(25)20(22-19(23)26)12-7-6-10-15-9-4-5-11-16(15)20/h4-5,9,11,14H,3,6-8,10,12-13H2,1-2H3,(H,21,24)(H,22,26). The fourth-order valence-electron chi connectivity index (χ4n) is 4.09. The Bertz CT molecular complexity index is 718. The molecule has 1 spiro atoms. The van der Waals surface area contributed by atoms with Crippen molar-refractivity contribution in [2.24, 2.45) is 0 Å². The van der Waals surface area contributed by atoms with Gasteiger partial charge in [0.1, 0.15) is 12.1 Å². The van der Waals surface area contributed by atoms with Crippen molar-refractivity contribution >= 4 is 17.8 Å². The molecule has 1 fully saturated rings. The Hall–Kier alpha value is -2.37. The molecule has 0 aromatic heterocycles. The van der Waals surface area contributed by atoms with Crippen molar-refractivity contribution in [3.63, 3.8) is 0 Å². The third kappa shape index (κ3) is 3.32. The molecule has 3 rings (SSSR count). The molecule has 1 saturated heterocycles. The second-order valence-corrected chi connectivity index (χ2v) is 7.35. The summed E-state index contributed by atoms with van der Waals surface area (Å²) in [5, 5.41) is 5.77. The van der Waals surface area contributed by atoms with Crippen LogP contribution in [0.15, 0.2) is 24.3 Å². The molecule has 1 aliphatic carbocycles. The van der Waals surface area contributed by atoms with E-state index in [0.717, 1.165) is 48.1 Å². The second-order valence-electron chi connectivity index (χ2n) is 7.35. The van der Waals surface area contributed by atoms with E-state index in [-0.39, 0.29) is 24.4 Å². The normalized spacial score (nSPS) is 23.4. The molecule has 4 amide bonds. The maximum absolute atomic E-state index is 13.2. The summed E-state index contributed by atoms with van der Waals surface area (Å²) in [6.07, 6.45) is 5.13. The molecule has 2 unspecified atom stereocenters. The maximum atomic E-state index is 13.2. The summed E-state index contributed by atoms with van der Waals surface area (Å²) in [6, 6.07) is 7.34. The third-order valence-corrected chi connectivity index (χ3v) is 5.33. The molecule has 1 aliphatic heterocycles. The minimum Gasteiger partial charge on any atom is -0.352 e. The van der Waals surface area contributed by atoms with Crippen LogP contribution in [0.3, 0.4) is 0 Å². The van der Waals surface area contributed by atoms with Gasteiger partial charge in [0.2, 0.25) is 5.91 Å². The summed E-state index contributed by atoms with van der Waals surface area (Å²) in [6.45, 7) is 3.74. The van der Waals surface area contributed by atoms with Crippen LogP contribution in [-0.4, -0.2) is 35.3 Å². The van der Waals surface area contributed by atoms with Crippen molar-refractivity contribution in [2.45, 2.75) is 64.0 Å². The number of amides is 4. The molecule has 6 heteroatoms. The first-order chi connectivity index (χ1) is 12.5. The van der Waals surface area contributed by atoms with Gasteiger partial charge in [-0.15, -0.1) is 0 Å². The molecule has 1 heterocycles. The van der Waals surface area contributed by atoms with Crippen LogP contribution in [0, 0.1) is 0 Å². The van der Waals surface area contributed by atoms with Gasteiger partial charge in [-0.25, -0.2) is 4.79 Å². The predicted octanol–water partition coefficient (Wildman–Crippen LogP) is 2.46. The fourth-order valence-corrected chi connectivity index (χ4v) is 4.09. The van der Waals surface area contributed by atoms with Crippen LogP contribution in [0.4, 0.5) is 4.79 Å². The molecule has 1 aromatic carbocycles. The number of hydrogen-bond donors (Lipinski definition) is 2. The Morgan fingerprint density at radius 1 is 1.31 bits per heavy atom. The van der Waals surface area contributed by atoms with Crippen molar-refractivity contribution in [2.75, 3.05) is 6.54 Å². The summed E-state index contributed by atoms with van der Waals surface area (Å²) >= 11 is 0. The van der Waals surface area contributed by atoms with Crippen LogP contribution in [0.2, 0.25) is 0 Å². The van der Waals surface area contributed by atoms with Crippen molar-refractivity contribution < 1.29 is 14.4 Å². The molecule has 140 valence electrons. The van der Waals surface area contributed by atoms with Gasteiger partial charge >= 0.3 is 6.03 Å². The molecule has 2 N–H and O–H groups in total. The minimum absolute atomic E-state index is 0.0285. The van der Waals surface area contributed by atoms with E-state index in [1.54, 1.807) is 0 Å². The predicted molar refractivity (Wildman–Crippen MR) is 98.4 cm³/mol. The number of carbonyl (C=O) groups is 3. The van der Waals surface area contributed by atoms with Gasteiger partial charge in [-0.05, 0) is 50.2 Å². The van der Waals surface area contributed by atoms with Gasteiger partial charge in [0.15, 0.2) is 0 Å². The molecule has 0 radical (unpaired) electrons. The summed E-state index contributed by atoms with van der Waals surface area (Å²) in [5.74, 6) is -0.608. The van der Waals surface area contributed by atoms with Crippen molar-refractivity contribution in [3.05, 3.63) is 35.4 Å². The zero-order chi connectivity index (χ0) is 18.7. The first kappa shape index (κ1) is 18.4. The number of benzene rings is 1. The number of imide groups is 1. The van der Waals surface area contributed by atoms with E-state index in [9.17, 15) is 14.4 Å². The highest BCUT2D eigenvalue weighted by atomic mass is 16.2. The average molecular weight is 357 g/mol. The lowest BCUT2D eigenvalue weighted by Gasteiger charge is -2.27. The van der Waals surface area contributed by atoms with E-state index in [1.165, 1.54) is 0 Å². The number of aryl methyl sites for hydroxylation is 1. The van der Waals surface area contributed by atoms with E-state index in [0.29, 0.717) is 6.42 Å². The lowest BCUT2D eigenvalue weighted by Crippen LogP contribution is -2.46. The van der Waals surface area contributed by atoms with Crippen molar-refractivity contribution in [1.29, 1.82) is 0 Å². The number of nitrogens with one attached hydrogen (secondary N) is 2. The first-order valence-electron chi connectivity index (χ1n) is 9.50. The van der Waals surface area contributed by atoms with Crippen LogP contribution in [-0.2, 0) is 21.5 Å². The highest BCUT2D eigenvalue weighted by molar-refractivity contribution is 6.09. The molecule has 0 saturated carbocycles. The van der Waals surface area contributed by atoms with E-state index in [4.69, 9.17) is 0 Å². The lowest BCUT2D eigenvalue weighted by molar-refractivity contribution is -0.135. The van der Waals surface area contributed by atoms with Crippen LogP contribution in [0.1, 0.15) is 57.1 Å². The second kappa shape index (κ2) is 7.48. The Balaban J connectivity index is 1.82. The number of nitrogens with zero attached hydrogens (tertiary/aromatic N) is 1. The molecular weight excluding hydrogens is 330 g/mol. The SMILES string of the molecule is CCCC(C)NC(=O)CN1C(=O)NC2(CCCCc3ccccc32)C1=O. The largest absolute Gasteiger partial charge is 0.352 e. The maximum Gasteiger partial charge on any atom is 0.325 e. The average Bonchev–Trinajstić information content (AvgIpc) is 2.75. The minimum atomic E-state index is -1.03. The van der Waals surface area contributed by atoms with Gasteiger partial charge in [-0.2, -0.15) is 0 Å². The van der Waals surface area contributed by atoms with Gasteiger partial charge in [0.05, 0.1) is 0 Å². The molecular formula is C20H27N3O3. The summed E-state index contributed by atoms with van der Waals surface area (Å²) < 4.78 is 0. The topological polar surface area (TPSA) is 78.5 Å². The number of carbonyl (C=O) groups excluding carboxylic acids is 3. The first-order valence-corrected chi connectivity index (χ1v) is 9.50. The van der Waals surface area contributed by atoms with Gasteiger partial charge in [-0.3, -0.25) is 14.5 Å². The third-order valence-electron chi connectivity index (χ3n) is 5.33. The smallest absolute Gasteiger partial charge is 0.325 e. The Labute approximate surface area is 154 Å². The zero-order valence-corrected chi connectivity index (χ0v) is 15.5. The van der Waals surface area contributed by atoms with Gasteiger partial charge < -0.3 is 10.6 Å². The summed E-state index contributed by atoms with van der Waals surface area (Å²) in [7, 11) is 0. The lowest BCUT2D eigenvalue weighted by atomic mass is 9.84. The van der Waals surface area contributed by atoms with Crippen molar-refractivity contribution in [3.8, 4) is 0 Å². The molecule has 26 heavy (non-hydrogen) atoms. The highest BCUT2D eigenvalue weighted by Crippen LogP contribution is 2.38. The highest BCUT2D eigenvalue weighted by Gasteiger charge is 2.53. The zero-order valence-electron chi connectivity index (χ0n) is 15.5. The molecule has 2 atom stereocenters. The van der Waals surface area contributed by atoms with Gasteiger partial charge in [-0.1, -0.05) is 37.6 Å². The van der Waals surface area contributed by atoms with E-state index in [1.807, 2.05) is 38.1 Å². The van der Waals surface area contributed by atoms with Crippen LogP contribution < -0.4 is 10.6 Å². The van der Waals surface area contributed by atoms with Gasteiger partial charge in [0, 0.05) is 6.04 Å². The fraction of sp³-hybridized carbons (Fsp3) is 0.550. The molecule has 6 nitrogen and oxygen atoms in total. The molecule has 2 aliphatic rings. The van der Waals surface area contributed by atoms with Crippen molar-refractivity contribution in [1.82, 2.24) is 15.5 Å². The van der Waals surface area contributed by atoms with E-state index in [2.05, 4.69) is 10.6 Å². The molecule has 1 aromatic rings. The molecule has 0 bridgehead atoms. The van der Waals surface area contributed by atoms with Crippen LogP contribution in [0.5, 0.6) is 0 Å². The summed E-state index contributed by atoms with van der Waals surface area (Å²) in [4.78, 5) is 39.1. The Morgan fingerprint density at radius 2 is 2.08 bits per heavy atom. The van der Waals surface area contributed by atoms with Crippen LogP contribution in [0.25, 0.3) is 0 Å². The van der Waals surface area contributed by atoms with E-state index >= 15 is 0 Å². The Kier molecular flexibility index (Phi) is 5.30. The van der Waals surface area contributed by atoms with Crippen LogP contribution >= 0.6 is 0 Å². The number of urea groups is 1. The van der Waals surface area contributed by atoms with E-state index < -0.39 is 11.6 Å². The number of fused-ring (bicyclic) bond motifs is 2. The monoisotopic (exact) mass is 357 g/mol. The summed E-state index contributed by atoms with van der Waals surface area (Å²) in [5.41, 5.74) is 0.944. The number of hydrogen-bond acceptors (Lipinski definition) is 3. The quantitative estimate of drug-likeness (QED) is 0.795. The number of rotatable bonds is 5. The Morgan fingerprint density at radius 3 is 2.85 bits per heavy atom. The van der Waals surface area contributed by atoms with Gasteiger partial charge in [0.25, 0.3) is 5.91 Å².